The monoisotopic (exact) mass is 275 g/mol. The Balaban J connectivity index is 2.91. The number of nitrogens with zero attached hydrogens (tertiary/aromatic N) is 2. The molecule has 0 saturated carbocycles. The van der Waals surface area contributed by atoms with Gasteiger partial charge in [0.05, 0.1) is 28.2 Å². The van der Waals surface area contributed by atoms with E-state index in [1.54, 1.807) is 19.1 Å². The normalized spacial score (nSPS) is 11.1. The van der Waals surface area contributed by atoms with Gasteiger partial charge in [-0.3, -0.25) is 5.43 Å². The van der Waals surface area contributed by atoms with Crippen molar-refractivity contribution in [3.8, 4) is 6.07 Å². The first kappa shape index (κ1) is 13.1. The first-order valence-electron chi connectivity index (χ1n) is 4.35. The molecule has 1 aromatic carbocycles. The molecule has 0 aliphatic rings. The number of hydrogen-bond donors (Lipinski definition) is 1. The minimum atomic E-state index is 0.246. The van der Waals surface area contributed by atoms with Crippen LogP contribution in [0.5, 0.6) is 0 Å². The quantitative estimate of drug-likeness (QED) is 0.659. The van der Waals surface area contributed by atoms with E-state index in [1.165, 1.54) is 0 Å². The number of nitrogens with one attached hydrogen (secondary N) is 1. The van der Waals surface area contributed by atoms with Crippen LogP contribution in [0.25, 0.3) is 0 Å². The molecule has 16 heavy (non-hydrogen) atoms. The van der Waals surface area contributed by atoms with E-state index in [1.807, 2.05) is 6.07 Å². The van der Waals surface area contributed by atoms with Crippen LogP contribution >= 0.6 is 34.8 Å². The second-order valence-electron chi connectivity index (χ2n) is 3.04. The number of hydrazone groups is 1. The van der Waals surface area contributed by atoms with Crippen molar-refractivity contribution in [3.63, 3.8) is 0 Å². The number of hydrogen-bond acceptors (Lipinski definition) is 3. The molecule has 0 unspecified atom stereocenters. The molecule has 0 aliphatic heterocycles. The molecule has 0 saturated heterocycles. The van der Waals surface area contributed by atoms with Gasteiger partial charge in [-0.1, -0.05) is 34.8 Å². The molecule has 0 aromatic heterocycles. The van der Waals surface area contributed by atoms with Crippen LogP contribution in [-0.2, 0) is 0 Å². The van der Waals surface area contributed by atoms with E-state index in [4.69, 9.17) is 40.1 Å². The second-order valence-corrected chi connectivity index (χ2v) is 4.29. The highest BCUT2D eigenvalue weighted by atomic mass is 35.5. The van der Waals surface area contributed by atoms with Gasteiger partial charge in [-0.15, -0.1) is 0 Å². The zero-order valence-corrected chi connectivity index (χ0v) is 10.7. The molecule has 1 N–H and O–H groups in total. The van der Waals surface area contributed by atoms with Crippen LogP contribution in [0.4, 0.5) is 5.69 Å². The summed E-state index contributed by atoms with van der Waals surface area (Å²) in [5, 5.41) is 13.6. The largest absolute Gasteiger partial charge is 0.275 e. The summed E-state index contributed by atoms with van der Waals surface area (Å²) in [6, 6.07) is 5.11. The zero-order chi connectivity index (χ0) is 12.1. The van der Waals surface area contributed by atoms with E-state index in [0.717, 1.165) is 0 Å². The van der Waals surface area contributed by atoms with Crippen molar-refractivity contribution in [2.24, 2.45) is 5.10 Å². The van der Waals surface area contributed by atoms with Crippen molar-refractivity contribution < 1.29 is 0 Å². The van der Waals surface area contributed by atoms with E-state index >= 15 is 0 Å². The van der Waals surface area contributed by atoms with E-state index in [9.17, 15) is 0 Å². The molecule has 1 rings (SSSR count). The summed E-state index contributed by atoms with van der Waals surface area (Å²) in [6.07, 6.45) is 0.246. The van der Waals surface area contributed by atoms with Gasteiger partial charge in [0.25, 0.3) is 0 Å². The van der Waals surface area contributed by atoms with Gasteiger partial charge >= 0.3 is 0 Å². The Bertz CT molecular complexity index is 440. The highest BCUT2D eigenvalue weighted by molar-refractivity contribution is 6.41. The lowest BCUT2D eigenvalue weighted by Gasteiger charge is -2.07. The highest BCUT2D eigenvalue weighted by Crippen LogP contribution is 2.33. The molecule has 0 heterocycles. The first-order chi connectivity index (χ1) is 7.54. The van der Waals surface area contributed by atoms with Crippen LogP contribution in [0.3, 0.4) is 0 Å². The van der Waals surface area contributed by atoms with Crippen LogP contribution in [0, 0.1) is 11.3 Å². The molecule has 0 radical (unpaired) electrons. The maximum Gasteiger partial charge on any atom is 0.0935 e. The highest BCUT2D eigenvalue weighted by Gasteiger charge is 2.06. The Hall–Kier alpha value is -0.950. The Morgan fingerprint density at radius 1 is 1.38 bits per heavy atom. The molecule has 0 spiro atoms. The number of halogens is 3. The molecular weight excluding hydrogens is 268 g/mol. The molecule has 0 aliphatic carbocycles. The molecule has 1 aromatic rings. The lowest BCUT2D eigenvalue weighted by Crippen LogP contribution is -1.97. The summed E-state index contributed by atoms with van der Waals surface area (Å²) in [7, 11) is 0. The number of anilines is 1. The van der Waals surface area contributed by atoms with Gasteiger partial charge < -0.3 is 0 Å². The predicted molar refractivity (Wildman–Crippen MR) is 68.4 cm³/mol. The Labute approximate surface area is 109 Å². The van der Waals surface area contributed by atoms with E-state index in [2.05, 4.69) is 10.5 Å². The van der Waals surface area contributed by atoms with Gasteiger partial charge in [-0.25, -0.2) is 0 Å². The fourth-order valence-corrected chi connectivity index (χ4v) is 1.86. The fraction of sp³-hybridized carbons (Fsp3) is 0.200. The molecule has 0 bridgehead atoms. The molecular formula is C10H8Cl3N3. The summed E-state index contributed by atoms with van der Waals surface area (Å²) in [4.78, 5) is 0. The molecule has 0 fully saturated rings. The number of rotatable bonds is 3. The van der Waals surface area contributed by atoms with E-state index < -0.39 is 0 Å². The maximum absolute atomic E-state index is 8.45. The van der Waals surface area contributed by atoms with Crippen LogP contribution in [-0.4, -0.2) is 5.71 Å². The molecule has 0 atom stereocenters. The van der Waals surface area contributed by atoms with Gasteiger partial charge in [0, 0.05) is 10.7 Å². The first-order valence-corrected chi connectivity index (χ1v) is 5.48. The average Bonchev–Trinajstić information content (AvgIpc) is 2.16. The lowest BCUT2D eigenvalue weighted by atomic mass is 10.3. The van der Waals surface area contributed by atoms with E-state index in [0.29, 0.717) is 26.5 Å². The number of benzene rings is 1. The third-order valence-electron chi connectivity index (χ3n) is 1.70. The minimum Gasteiger partial charge on any atom is -0.275 e. The van der Waals surface area contributed by atoms with Gasteiger partial charge in [-0.05, 0) is 19.1 Å². The molecule has 0 amide bonds. The van der Waals surface area contributed by atoms with Crippen molar-refractivity contribution in [1.29, 1.82) is 5.26 Å². The standard InChI is InChI=1S/C10H8Cl3N3/c1-6(2-3-14)15-16-10-8(12)4-7(11)5-9(10)13/h4-5,16H,2H2,1H3. The fourth-order valence-electron chi connectivity index (χ4n) is 0.954. The van der Waals surface area contributed by atoms with Crippen molar-refractivity contribution in [2.75, 3.05) is 5.43 Å². The molecule has 6 heteroatoms. The zero-order valence-electron chi connectivity index (χ0n) is 8.39. The SMILES string of the molecule is CC(CC#N)=NNc1c(Cl)cc(Cl)cc1Cl. The summed E-state index contributed by atoms with van der Waals surface area (Å²) in [6.45, 7) is 1.73. The van der Waals surface area contributed by atoms with Gasteiger partial charge in [0.15, 0.2) is 0 Å². The summed E-state index contributed by atoms with van der Waals surface area (Å²) in [5.41, 5.74) is 3.83. The third-order valence-corrected chi connectivity index (χ3v) is 2.51. The third kappa shape index (κ3) is 3.57. The average molecular weight is 277 g/mol. The Morgan fingerprint density at radius 3 is 2.44 bits per heavy atom. The van der Waals surface area contributed by atoms with Crippen molar-refractivity contribution in [2.45, 2.75) is 13.3 Å². The number of nitriles is 1. The lowest BCUT2D eigenvalue weighted by molar-refractivity contribution is 1.27. The summed E-state index contributed by atoms with van der Waals surface area (Å²) >= 11 is 17.6. The minimum absolute atomic E-state index is 0.246. The Kier molecular flexibility index (Phi) is 4.88. The van der Waals surface area contributed by atoms with Crippen LogP contribution in [0.1, 0.15) is 13.3 Å². The van der Waals surface area contributed by atoms with Gasteiger partial charge in [-0.2, -0.15) is 10.4 Å². The van der Waals surface area contributed by atoms with Gasteiger partial charge in [0.2, 0.25) is 0 Å². The van der Waals surface area contributed by atoms with Crippen molar-refractivity contribution in [1.82, 2.24) is 0 Å². The van der Waals surface area contributed by atoms with Crippen molar-refractivity contribution >= 4 is 46.2 Å². The van der Waals surface area contributed by atoms with E-state index in [-0.39, 0.29) is 6.42 Å². The summed E-state index contributed by atoms with van der Waals surface area (Å²) < 4.78 is 0. The van der Waals surface area contributed by atoms with Crippen molar-refractivity contribution in [3.05, 3.63) is 27.2 Å². The molecule has 84 valence electrons. The summed E-state index contributed by atoms with van der Waals surface area (Å²) in [5.74, 6) is 0. The Morgan fingerprint density at radius 2 is 1.94 bits per heavy atom. The smallest absolute Gasteiger partial charge is 0.0935 e. The molecule has 3 nitrogen and oxygen atoms in total. The maximum atomic E-state index is 8.45. The second kappa shape index (κ2) is 5.95. The van der Waals surface area contributed by atoms with Crippen LogP contribution in [0.2, 0.25) is 15.1 Å². The van der Waals surface area contributed by atoms with Gasteiger partial charge in [0.1, 0.15) is 0 Å². The topological polar surface area (TPSA) is 48.2 Å². The van der Waals surface area contributed by atoms with Crippen LogP contribution in [0.15, 0.2) is 17.2 Å². The predicted octanol–water partition coefficient (Wildman–Crippen LogP) is 4.35. The van der Waals surface area contributed by atoms with Crippen LogP contribution < -0.4 is 5.43 Å².